The van der Waals surface area contributed by atoms with Crippen LogP contribution in [0.1, 0.15) is 40.4 Å². The summed E-state index contributed by atoms with van der Waals surface area (Å²) in [7, 11) is 0. The first kappa shape index (κ1) is 15.5. The van der Waals surface area contributed by atoms with Gasteiger partial charge in [0, 0.05) is 9.75 Å². The molecule has 1 fully saturated rings. The Bertz CT molecular complexity index is 759. The molecule has 0 aromatic carbocycles. The number of nitrogens with one attached hydrogen (secondary N) is 2. The smallest absolute Gasteiger partial charge is 0.230 e. The van der Waals surface area contributed by atoms with Gasteiger partial charge in [-0.3, -0.25) is 9.59 Å². The highest BCUT2D eigenvalue weighted by atomic mass is 32.1. The first-order chi connectivity index (χ1) is 12.2. The Hall–Kier alpha value is -1.80. The van der Waals surface area contributed by atoms with Crippen LogP contribution in [0.5, 0.6) is 0 Å². The lowest BCUT2D eigenvalue weighted by Crippen LogP contribution is -2.20. The lowest BCUT2D eigenvalue weighted by Gasteiger charge is -2.02. The Morgan fingerprint density at radius 2 is 1.28 bits per heavy atom. The maximum absolute atomic E-state index is 12.3. The number of hydrogen-bond acceptors (Lipinski definition) is 6. The van der Waals surface area contributed by atoms with Crippen molar-refractivity contribution in [2.75, 3.05) is 10.6 Å². The van der Waals surface area contributed by atoms with E-state index < -0.39 is 0 Å². The number of amides is 2. The van der Waals surface area contributed by atoms with Crippen LogP contribution >= 0.6 is 22.7 Å². The number of aromatic nitrogens is 2. The van der Waals surface area contributed by atoms with Crippen molar-refractivity contribution < 1.29 is 9.59 Å². The number of carbonyl (C=O) groups is 2. The van der Waals surface area contributed by atoms with Crippen molar-refractivity contribution in [1.82, 2.24) is 9.97 Å². The molecule has 0 aliphatic heterocycles. The number of rotatable bonds is 4. The molecule has 25 heavy (non-hydrogen) atoms. The van der Waals surface area contributed by atoms with Crippen LogP contribution in [0.15, 0.2) is 0 Å². The minimum Gasteiger partial charge on any atom is -0.302 e. The SMILES string of the molecule is O=C(Nc1nc2c(s1)CCC2)[C@H]1C[C@@H]1C(=O)Nc1nc2c(s1)CCC2. The molecule has 0 radical (unpaired) electrons. The van der Waals surface area contributed by atoms with Gasteiger partial charge >= 0.3 is 0 Å². The van der Waals surface area contributed by atoms with E-state index in [4.69, 9.17) is 0 Å². The largest absolute Gasteiger partial charge is 0.302 e. The van der Waals surface area contributed by atoms with E-state index in [1.54, 1.807) is 22.7 Å². The zero-order valence-corrected chi connectivity index (χ0v) is 15.3. The van der Waals surface area contributed by atoms with Crippen molar-refractivity contribution >= 4 is 44.8 Å². The molecule has 2 aromatic heterocycles. The highest BCUT2D eigenvalue weighted by molar-refractivity contribution is 7.16. The summed E-state index contributed by atoms with van der Waals surface area (Å²) in [6.45, 7) is 0. The molecule has 130 valence electrons. The number of nitrogens with zero attached hydrogens (tertiary/aromatic N) is 2. The first-order valence-electron chi connectivity index (χ1n) is 8.76. The molecule has 2 amide bonds. The average Bonchev–Trinajstić information content (AvgIpc) is 2.88. The molecule has 1 saturated carbocycles. The fourth-order valence-corrected chi connectivity index (χ4v) is 5.76. The van der Waals surface area contributed by atoms with Crippen LogP contribution in [0.2, 0.25) is 0 Å². The van der Waals surface area contributed by atoms with Gasteiger partial charge in [-0.15, -0.1) is 22.7 Å². The van der Waals surface area contributed by atoms with E-state index in [-0.39, 0.29) is 23.7 Å². The molecule has 2 N–H and O–H groups in total. The molecule has 5 rings (SSSR count). The summed E-state index contributed by atoms with van der Waals surface area (Å²) < 4.78 is 0. The standard InChI is InChI=1S/C17H18N4O2S2/c22-14(20-16-18-10-3-1-5-12(10)24-16)8-7-9(8)15(23)21-17-19-11-4-2-6-13(11)25-17/h8-9H,1-7H2,(H,18,20,22)(H,19,21,23)/t8-,9-/m0/s1. The van der Waals surface area contributed by atoms with Crippen molar-refractivity contribution in [3.05, 3.63) is 21.1 Å². The van der Waals surface area contributed by atoms with Gasteiger partial charge in [0.25, 0.3) is 0 Å². The van der Waals surface area contributed by atoms with Gasteiger partial charge in [-0.1, -0.05) is 0 Å². The van der Waals surface area contributed by atoms with Crippen molar-refractivity contribution in [1.29, 1.82) is 0 Å². The van der Waals surface area contributed by atoms with Crippen LogP contribution in [-0.2, 0) is 35.3 Å². The summed E-state index contributed by atoms with van der Waals surface area (Å²) in [6, 6.07) is 0. The van der Waals surface area contributed by atoms with Gasteiger partial charge in [0.2, 0.25) is 11.8 Å². The molecular formula is C17H18N4O2S2. The monoisotopic (exact) mass is 374 g/mol. The van der Waals surface area contributed by atoms with Gasteiger partial charge < -0.3 is 10.6 Å². The van der Waals surface area contributed by atoms with Crippen molar-refractivity contribution in [3.8, 4) is 0 Å². The van der Waals surface area contributed by atoms with Gasteiger partial charge in [-0.25, -0.2) is 9.97 Å². The third-order valence-corrected chi connectivity index (χ3v) is 7.26. The third-order valence-electron chi connectivity index (χ3n) is 5.12. The van der Waals surface area contributed by atoms with E-state index in [1.807, 2.05) is 0 Å². The summed E-state index contributed by atoms with van der Waals surface area (Å²) in [5.74, 6) is -0.667. The van der Waals surface area contributed by atoms with Crippen molar-refractivity contribution in [2.24, 2.45) is 11.8 Å². The molecule has 2 aromatic rings. The Kier molecular flexibility index (Phi) is 3.63. The normalized spacial score (nSPS) is 23.2. The molecule has 6 nitrogen and oxygen atoms in total. The summed E-state index contributed by atoms with van der Waals surface area (Å²) >= 11 is 3.14. The molecule has 3 aliphatic rings. The minimum absolute atomic E-state index is 0.0887. The molecular weight excluding hydrogens is 356 g/mol. The summed E-state index contributed by atoms with van der Waals surface area (Å²) in [4.78, 5) is 36.2. The maximum atomic E-state index is 12.3. The lowest BCUT2D eigenvalue weighted by molar-refractivity contribution is -0.122. The van der Waals surface area contributed by atoms with Crippen LogP contribution in [0.3, 0.4) is 0 Å². The second-order valence-electron chi connectivity index (χ2n) is 6.91. The van der Waals surface area contributed by atoms with Gasteiger partial charge in [0.05, 0.1) is 23.2 Å². The zero-order valence-electron chi connectivity index (χ0n) is 13.6. The van der Waals surface area contributed by atoms with Crippen molar-refractivity contribution in [2.45, 2.75) is 44.9 Å². The summed E-state index contributed by atoms with van der Waals surface area (Å²) in [5, 5.41) is 7.13. The molecule has 2 atom stereocenters. The Labute approximate surface area is 153 Å². The highest BCUT2D eigenvalue weighted by Crippen LogP contribution is 2.41. The number of fused-ring (bicyclic) bond motifs is 2. The number of hydrogen-bond donors (Lipinski definition) is 2. The number of anilines is 2. The number of thiazole rings is 2. The predicted molar refractivity (Wildman–Crippen MR) is 97.1 cm³/mol. The summed E-state index contributed by atoms with van der Waals surface area (Å²) in [5.41, 5.74) is 2.25. The van der Waals surface area contributed by atoms with Crippen LogP contribution < -0.4 is 10.6 Å². The molecule has 0 saturated heterocycles. The molecule has 8 heteroatoms. The van der Waals surface area contributed by atoms with Gasteiger partial charge in [0.15, 0.2) is 10.3 Å². The van der Waals surface area contributed by atoms with Crippen molar-refractivity contribution in [3.63, 3.8) is 0 Å². The molecule has 0 bridgehead atoms. The highest BCUT2D eigenvalue weighted by Gasteiger charge is 2.48. The molecule has 0 unspecified atom stereocenters. The quantitative estimate of drug-likeness (QED) is 0.862. The zero-order chi connectivity index (χ0) is 17.0. The predicted octanol–water partition coefficient (Wildman–Crippen LogP) is 2.79. The Morgan fingerprint density at radius 3 is 1.72 bits per heavy atom. The lowest BCUT2D eigenvalue weighted by atomic mass is 10.3. The third kappa shape index (κ3) is 2.87. The number of carbonyl (C=O) groups excluding carboxylic acids is 2. The Balaban J connectivity index is 1.17. The molecule has 3 aliphatic carbocycles. The van der Waals surface area contributed by atoms with E-state index in [0.717, 1.165) is 49.9 Å². The van der Waals surface area contributed by atoms with Crippen LogP contribution in [0, 0.1) is 11.8 Å². The minimum atomic E-state index is -0.245. The topological polar surface area (TPSA) is 84.0 Å². The van der Waals surface area contributed by atoms with E-state index in [9.17, 15) is 9.59 Å². The fraction of sp³-hybridized carbons (Fsp3) is 0.529. The van der Waals surface area contributed by atoms with Crippen LogP contribution in [0.4, 0.5) is 10.3 Å². The fourth-order valence-electron chi connectivity index (χ4n) is 3.66. The van der Waals surface area contributed by atoms with E-state index in [0.29, 0.717) is 16.7 Å². The van der Waals surface area contributed by atoms with E-state index >= 15 is 0 Å². The molecule has 2 heterocycles. The molecule has 0 spiro atoms. The van der Waals surface area contributed by atoms with Crippen LogP contribution in [0.25, 0.3) is 0 Å². The Morgan fingerprint density at radius 1 is 0.800 bits per heavy atom. The maximum Gasteiger partial charge on any atom is 0.230 e. The van der Waals surface area contributed by atoms with E-state index in [1.165, 1.54) is 9.75 Å². The average molecular weight is 374 g/mol. The second-order valence-corrected chi connectivity index (χ2v) is 9.08. The summed E-state index contributed by atoms with van der Waals surface area (Å²) in [6.07, 6.45) is 7.07. The van der Waals surface area contributed by atoms with Gasteiger partial charge in [-0.2, -0.15) is 0 Å². The van der Waals surface area contributed by atoms with Gasteiger partial charge in [0.1, 0.15) is 0 Å². The second kappa shape index (κ2) is 5.88. The van der Waals surface area contributed by atoms with E-state index in [2.05, 4.69) is 20.6 Å². The number of aryl methyl sites for hydroxylation is 4. The van der Waals surface area contributed by atoms with Gasteiger partial charge in [-0.05, 0) is 44.9 Å². The first-order valence-corrected chi connectivity index (χ1v) is 10.4. The van der Waals surface area contributed by atoms with Crippen LogP contribution in [-0.4, -0.2) is 21.8 Å².